The van der Waals surface area contributed by atoms with Crippen LogP contribution in [0.5, 0.6) is 0 Å². The van der Waals surface area contributed by atoms with Crippen LogP contribution in [0.4, 0.5) is 5.00 Å². The van der Waals surface area contributed by atoms with Gasteiger partial charge in [-0.15, -0.1) is 11.3 Å². The summed E-state index contributed by atoms with van der Waals surface area (Å²) >= 11 is 1.43. The van der Waals surface area contributed by atoms with E-state index in [2.05, 4.69) is 10.6 Å². The first kappa shape index (κ1) is 24.7. The number of piperidine rings is 1. The number of likely N-dealkylation sites (tertiary alicyclic amines) is 1. The fraction of sp³-hybridized carbons (Fsp3) is 0.321. The molecule has 0 spiro atoms. The molecule has 1 aromatic heterocycles. The average Bonchev–Trinajstić information content (AvgIpc) is 3.19. The maximum atomic E-state index is 13.6. The number of carbonyl (C=O) groups excluding carboxylic acids is 3. The maximum Gasteiger partial charge on any atom is 0.257 e. The number of nitrogens with one attached hydrogen (secondary N) is 2. The molecule has 0 aliphatic carbocycles. The molecule has 1 aliphatic rings. The monoisotopic (exact) mass is 489 g/mol. The zero-order valence-corrected chi connectivity index (χ0v) is 21.0. The van der Waals surface area contributed by atoms with Gasteiger partial charge in [-0.2, -0.15) is 0 Å². The van der Waals surface area contributed by atoms with Crippen LogP contribution < -0.4 is 10.6 Å². The molecule has 7 heteroatoms. The highest BCUT2D eigenvalue weighted by molar-refractivity contribution is 7.20. The van der Waals surface area contributed by atoms with Crippen molar-refractivity contribution in [2.24, 2.45) is 0 Å². The minimum Gasteiger partial charge on any atom is -0.349 e. The van der Waals surface area contributed by atoms with Crippen LogP contribution in [0.25, 0.3) is 10.4 Å². The van der Waals surface area contributed by atoms with E-state index in [0.29, 0.717) is 10.6 Å². The molecule has 35 heavy (non-hydrogen) atoms. The molecule has 182 valence electrons. The van der Waals surface area contributed by atoms with Crippen molar-refractivity contribution in [3.63, 3.8) is 0 Å². The van der Waals surface area contributed by atoms with Gasteiger partial charge in [0.1, 0.15) is 5.00 Å². The van der Waals surface area contributed by atoms with Gasteiger partial charge in [-0.05, 0) is 42.9 Å². The summed E-state index contributed by atoms with van der Waals surface area (Å²) in [5.74, 6) is -0.482. The highest BCUT2D eigenvalue weighted by atomic mass is 32.1. The minimum atomic E-state index is -0.454. The Labute approximate surface area is 210 Å². The van der Waals surface area contributed by atoms with E-state index in [1.54, 1.807) is 0 Å². The molecular weight excluding hydrogens is 458 g/mol. The van der Waals surface area contributed by atoms with Gasteiger partial charge in [0.2, 0.25) is 11.8 Å². The summed E-state index contributed by atoms with van der Waals surface area (Å²) in [5.41, 5.74) is 3.33. The first-order valence-electron chi connectivity index (χ1n) is 12.0. The van der Waals surface area contributed by atoms with Gasteiger partial charge in [0.05, 0.1) is 18.0 Å². The van der Waals surface area contributed by atoms with Gasteiger partial charge in [0, 0.05) is 24.9 Å². The molecule has 3 aromatic rings. The lowest BCUT2D eigenvalue weighted by Gasteiger charge is -2.27. The third kappa shape index (κ3) is 5.98. The number of carbonyl (C=O) groups is 3. The molecule has 0 bridgehead atoms. The van der Waals surface area contributed by atoms with Crippen LogP contribution in [0.15, 0.2) is 60.7 Å². The SMILES string of the molecule is CC(=O)NC(CC(=O)Nc1sc(-c2ccccc2)c(C)c1C(=O)N1CCCCC1)c1ccccc1. The van der Waals surface area contributed by atoms with Crippen molar-refractivity contribution in [3.05, 3.63) is 77.4 Å². The second-order valence-corrected chi connectivity index (χ2v) is 9.92. The predicted molar refractivity (Wildman–Crippen MR) is 140 cm³/mol. The number of nitrogens with zero attached hydrogens (tertiary/aromatic N) is 1. The average molecular weight is 490 g/mol. The number of thiophene rings is 1. The van der Waals surface area contributed by atoms with Gasteiger partial charge in [0.15, 0.2) is 0 Å². The summed E-state index contributed by atoms with van der Waals surface area (Å²) < 4.78 is 0. The number of hydrogen-bond acceptors (Lipinski definition) is 4. The van der Waals surface area contributed by atoms with Gasteiger partial charge in [0.25, 0.3) is 5.91 Å². The fourth-order valence-corrected chi connectivity index (χ4v) is 5.75. The standard InChI is InChI=1S/C28H31N3O3S/c1-19-25(28(34)31-16-10-5-11-17-31)27(35-26(19)22-14-8-4-9-15-22)30-24(33)18-23(29-20(2)32)21-12-6-3-7-13-21/h3-4,6-9,12-15,23H,5,10-11,16-18H2,1-2H3,(H,29,32)(H,30,33). The van der Waals surface area contributed by atoms with Crippen LogP contribution in [-0.4, -0.2) is 35.7 Å². The van der Waals surface area contributed by atoms with Gasteiger partial charge in [-0.25, -0.2) is 0 Å². The van der Waals surface area contributed by atoms with E-state index in [0.717, 1.165) is 53.9 Å². The Bertz CT molecular complexity index is 1180. The summed E-state index contributed by atoms with van der Waals surface area (Å²) in [6.07, 6.45) is 3.20. The van der Waals surface area contributed by atoms with E-state index < -0.39 is 6.04 Å². The number of amides is 3. The number of benzene rings is 2. The third-order valence-corrected chi connectivity index (χ3v) is 7.52. The highest BCUT2D eigenvalue weighted by Gasteiger charge is 2.28. The molecule has 3 amide bonds. The molecule has 1 aliphatic heterocycles. The van der Waals surface area contributed by atoms with Gasteiger partial charge in [-0.3, -0.25) is 14.4 Å². The molecule has 0 saturated carbocycles. The lowest BCUT2D eigenvalue weighted by atomic mass is 10.0. The van der Waals surface area contributed by atoms with E-state index in [4.69, 9.17) is 0 Å². The Balaban J connectivity index is 1.63. The molecule has 2 N–H and O–H groups in total. The molecule has 1 fully saturated rings. The normalized spacial score (nSPS) is 14.3. The Morgan fingerprint density at radius 1 is 0.943 bits per heavy atom. The topological polar surface area (TPSA) is 78.5 Å². The minimum absolute atomic E-state index is 0.0302. The van der Waals surface area contributed by atoms with E-state index in [1.165, 1.54) is 18.3 Å². The molecule has 6 nitrogen and oxygen atoms in total. The molecule has 1 atom stereocenters. The van der Waals surface area contributed by atoms with Crippen LogP contribution in [0.2, 0.25) is 0 Å². The largest absolute Gasteiger partial charge is 0.349 e. The summed E-state index contributed by atoms with van der Waals surface area (Å²) in [7, 11) is 0. The second-order valence-electron chi connectivity index (χ2n) is 8.90. The van der Waals surface area contributed by atoms with Crippen LogP contribution in [0, 0.1) is 6.92 Å². The highest BCUT2D eigenvalue weighted by Crippen LogP contribution is 2.41. The molecule has 1 saturated heterocycles. The zero-order chi connectivity index (χ0) is 24.8. The Morgan fingerprint density at radius 3 is 2.20 bits per heavy atom. The van der Waals surface area contributed by atoms with Crippen molar-refractivity contribution in [1.29, 1.82) is 0 Å². The van der Waals surface area contributed by atoms with Crippen LogP contribution in [0.3, 0.4) is 0 Å². The molecular formula is C28H31N3O3S. The molecule has 2 heterocycles. The van der Waals surface area contributed by atoms with Crippen molar-refractivity contribution in [3.8, 4) is 10.4 Å². The van der Waals surface area contributed by atoms with Crippen molar-refractivity contribution >= 4 is 34.1 Å². The summed E-state index contributed by atoms with van der Waals surface area (Å²) in [5, 5.41) is 6.45. The van der Waals surface area contributed by atoms with Crippen LogP contribution in [-0.2, 0) is 9.59 Å². The third-order valence-electron chi connectivity index (χ3n) is 6.26. The Morgan fingerprint density at radius 2 is 1.57 bits per heavy atom. The number of anilines is 1. The van der Waals surface area contributed by atoms with Gasteiger partial charge in [-0.1, -0.05) is 60.7 Å². The van der Waals surface area contributed by atoms with Crippen molar-refractivity contribution in [1.82, 2.24) is 10.2 Å². The van der Waals surface area contributed by atoms with E-state index in [9.17, 15) is 14.4 Å². The smallest absolute Gasteiger partial charge is 0.257 e. The van der Waals surface area contributed by atoms with Gasteiger partial charge >= 0.3 is 0 Å². The predicted octanol–water partition coefficient (Wildman–Crippen LogP) is 5.56. The Hall–Kier alpha value is -3.45. The van der Waals surface area contributed by atoms with Crippen molar-refractivity contribution < 1.29 is 14.4 Å². The molecule has 1 unspecified atom stereocenters. The summed E-state index contributed by atoms with van der Waals surface area (Å²) in [4.78, 5) is 41.5. The fourth-order valence-electron chi connectivity index (χ4n) is 4.53. The first-order chi connectivity index (χ1) is 16.9. The van der Waals surface area contributed by atoms with Crippen LogP contribution >= 0.6 is 11.3 Å². The van der Waals surface area contributed by atoms with Crippen LogP contribution in [0.1, 0.15) is 60.1 Å². The maximum absolute atomic E-state index is 13.6. The second kappa shape index (κ2) is 11.3. The van der Waals surface area contributed by atoms with E-state index >= 15 is 0 Å². The molecule has 0 radical (unpaired) electrons. The number of rotatable bonds is 7. The summed E-state index contributed by atoms with van der Waals surface area (Å²) in [6.45, 7) is 4.87. The van der Waals surface area contributed by atoms with Crippen molar-refractivity contribution in [2.75, 3.05) is 18.4 Å². The Kier molecular flexibility index (Phi) is 7.98. The lowest BCUT2D eigenvalue weighted by molar-refractivity contribution is -0.120. The van der Waals surface area contributed by atoms with E-state index in [1.807, 2.05) is 72.5 Å². The molecule has 2 aromatic carbocycles. The van der Waals surface area contributed by atoms with Gasteiger partial charge < -0.3 is 15.5 Å². The summed E-state index contributed by atoms with van der Waals surface area (Å²) in [6, 6.07) is 18.9. The quantitative estimate of drug-likeness (QED) is 0.456. The van der Waals surface area contributed by atoms with E-state index in [-0.39, 0.29) is 24.1 Å². The first-order valence-corrected chi connectivity index (χ1v) is 12.9. The number of hydrogen-bond donors (Lipinski definition) is 2. The zero-order valence-electron chi connectivity index (χ0n) is 20.2. The lowest BCUT2D eigenvalue weighted by Crippen LogP contribution is -2.36. The van der Waals surface area contributed by atoms with Crippen molar-refractivity contribution in [2.45, 2.75) is 45.6 Å². The molecule has 4 rings (SSSR count).